The summed E-state index contributed by atoms with van der Waals surface area (Å²) in [5, 5.41) is 3.09. The zero-order chi connectivity index (χ0) is 14.7. The number of amides is 1. The number of nitrogens with two attached hydrogens (primary N) is 1. The molecule has 4 nitrogen and oxygen atoms in total. The average molecular weight is 279 g/mol. The lowest BCUT2D eigenvalue weighted by molar-refractivity contribution is -0.132. The van der Waals surface area contributed by atoms with E-state index >= 15 is 0 Å². The van der Waals surface area contributed by atoms with Crippen molar-refractivity contribution in [2.24, 2.45) is 0 Å². The number of carbonyl (C=O) groups excluding carboxylic acids is 1. The van der Waals surface area contributed by atoms with Gasteiger partial charge in [-0.1, -0.05) is 0 Å². The number of likely N-dealkylation sites (tertiary alicyclic amines) is 1. The van der Waals surface area contributed by atoms with E-state index in [4.69, 9.17) is 5.73 Å². The van der Waals surface area contributed by atoms with E-state index in [-0.39, 0.29) is 17.8 Å². The molecule has 0 aromatic heterocycles. The van der Waals surface area contributed by atoms with Crippen LogP contribution >= 0.6 is 0 Å². The highest BCUT2D eigenvalue weighted by Gasteiger charge is 2.22. The van der Waals surface area contributed by atoms with Gasteiger partial charge in [-0.3, -0.25) is 4.79 Å². The third-order valence-corrected chi connectivity index (χ3v) is 3.74. The number of piperidine rings is 1. The summed E-state index contributed by atoms with van der Waals surface area (Å²) in [6.45, 7) is 5.14. The van der Waals surface area contributed by atoms with Gasteiger partial charge in [0.15, 0.2) is 0 Å². The third-order valence-electron chi connectivity index (χ3n) is 3.74. The Morgan fingerprint density at radius 1 is 1.35 bits per heavy atom. The summed E-state index contributed by atoms with van der Waals surface area (Å²) in [6, 6.07) is 2.57. The van der Waals surface area contributed by atoms with Crippen molar-refractivity contribution in [2.45, 2.75) is 39.2 Å². The fourth-order valence-electron chi connectivity index (χ4n) is 2.51. The molecule has 0 aliphatic carbocycles. The molecule has 110 valence electrons. The molecule has 3 N–H and O–H groups in total. The van der Waals surface area contributed by atoms with Gasteiger partial charge in [0.05, 0.1) is 11.4 Å². The molecule has 1 aliphatic heterocycles. The van der Waals surface area contributed by atoms with Crippen molar-refractivity contribution in [1.29, 1.82) is 0 Å². The van der Waals surface area contributed by atoms with Gasteiger partial charge >= 0.3 is 0 Å². The van der Waals surface area contributed by atoms with Crippen molar-refractivity contribution in [3.05, 3.63) is 23.5 Å². The van der Waals surface area contributed by atoms with Crippen LogP contribution in [0.5, 0.6) is 0 Å². The fourth-order valence-corrected chi connectivity index (χ4v) is 2.51. The van der Waals surface area contributed by atoms with Crippen molar-refractivity contribution in [3.63, 3.8) is 0 Å². The number of hydrogen-bond acceptors (Lipinski definition) is 3. The molecule has 1 atom stereocenters. The lowest BCUT2D eigenvalue weighted by Crippen LogP contribution is -2.44. The third kappa shape index (κ3) is 3.21. The maximum absolute atomic E-state index is 13.4. The van der Waals surface area contributed by atoms with Crippen LogP contribution in [0.3, 0.4) is 0 Å². The fraction of sp³-hybridized carbons (Fsp3) is 0.533. The number of benzene rings is 1. The monoisotopic (exact) mass is 279 g/mol. The number of halogens is 1. The van der Waals surface area contributed by atoms with Crippen LogP contribution < -0.4 is 11.1 Å². The van der Waals surface area contributed by atoms with Crippen molar-refractivity contribution < 1.29 is 9.18 Å². The number of nitrogens with zero attached hydrogens (tertiary/aromatic N) is 1. The zero-order valence-corrected chi connectivity index (χ0v) is 12.1. The number of carbonyl (C=O) groups is 1. The number of rotatable bonds is 3. The van der Waals surface area contributed by atoms with E-state index in [1.807, 2.05) is 11.8 Å². The van der Waals surface area contributed by atoms with Crippen LogP contribution in [0.25, 0.3) is 0 Å². The molecule has 1 fully saturated rings. The lowest BCUT2D eigenvalue weighted by atomic mass is 10.1. The average Bonchev–Trinajstić information content (AvgIpc) is 2.44. The summed E-state index contributed by atoms with van der Waals surface area (Å²) in [6.07, 6.45) is 3.32. The van der Waals surface area contributed by atoms with Gasteiger partial charge in [0.2, 0.25) is 5.91 Å². The highest BCUT2D eigenvalue weighted by atomic mass is 19.1. The van der Waals surface area contributed by atoms with Crippen LogP contribution in [-0.4, -0.2) is 29.9 Å². The Labute approximate surface area is 119 Å². The smallest absolute Gasteiger partial charge is 0.244 e. The summed E-state index contributed by atoms with van der Waals surface area (Å²) in [4.78, 5) is 14.2. The van der Waals surface area contributed by atoms with E-state index in [0.717, 1.165) is 25.9 Å². The van der Waals surface area contributed by atoms with Gasteiger partial charge in [-0.25, -0.2) is 4.39 Å². The van der Waals surface area contributed by atoms with E-state index in [1.165, 1.54) is 12.5 Å². The van der Waals surface area contributed by atoms with E-state index in [1.54, 1.807) is 13.0 Å². The van der Waals surface area contributed by atoms with Gasteiger partial charge in [0, 0.05) is 13.1 Å². The minimum atomic E-state index is -0.361. The first kappa shape index (κ1) is 14.6. The molecule has 0 bridgehead atoms. The molecule has 20 heavy (non-hydrogen) atoms. The van der Waals surface area contributed by atoms with Crippen LogP contribution in [0, 0.1) is 12.7 Å². The second kappa shape index (κ2) is 6.11. The molecule has 2 rings (SSSR count). The van der Waals surface area contributed by atoms with Crippen molar-refractivity contribution in [1.82, 2.24) is 4.90 Å². The summed E-state index contributed by atoms with van der Waals surface area (Å²) >= 11 is 0. The Balaban J connectivity index is 2.05. The molecule has 0 radical (unpaired) electrons. The number of anilines is 2. The first-order chi connectivity index (χ1) is 9.49. The predicted molar refractivity (Wildman–Crippen MR) is 79.1 cm³/mol. The van der Waals surface area contributed by atoms with Crippen LogP contribution in [0.2, 0.25) is 0 Å². The summed E-state index contributed by atoms with van der Waals surface area (Å²) < 4.78 is 13.4. The summed E-state index contributed by atoms with van der Waals surface area (Å²) in [7, 11) is 0. The quantitative estimate of drug-likeness (QED) is 0.836. The Morgan fingerprint density at radius 3 is 2.65 bits per heavy atom. The number of nitrogen functional groups attached to an aromatic ring is 1. The number of aryl methyl sites for hydroxylation is 1. The molecule has 1 saturated heterocycles. The van der Waals surface area contributed by atoms with Gasteiger partial charge < -0.3 is 16.0 Å². The summed E-state index contributed by atoms with van der Waals surface area (Å²) in [5.41, 5.74) is 7.24. The minimum Gasteiger partial charge on any atom is -0.397 e. The molecule has 1 aromatic rings. The maximum Gasteiger partial charge on any atom is 0.244 e. The minimum absolute atomic E-state index is 0.0751. The largest absolute Gasteiger partial charge is 0.397 e. The van der Waals surface area contributed by atoms with Crippen molar-refractivity contribution in [2.75, 3.05) is 24.1 Å². The van der Waals surface area contributed by atoms with E-state index < -0.39 is 0 Å². The second-order valence-electron chi connectivity index (χ2n) is 5.44. The Bertz CT molecular complexity index is 498. The molecular formula is C15H22FN3O. The number of hydrogen-bond donors (Lipinski definition) is 2. The second-order valence-corrected chi connectivity index (χ2v) is 5.44. The molecule has 1 unspecified atom stereocenters. The van der Waals surface area contributed by atoms with Crippen LogP contribution in [0.15, 0.2) is 12.1 Å². The van der Waals surface area contributed by atoms with Crippen LogP contribution in [-0.2, 0) is 4.79 Å². The zero-order valence-electron chi connectivity index (χ0n) is 12.1. The maximum atomic E-state index is 13.4. The molecule has 1 aliphatic rings. The SMILES string of the molecule is Cc1cc(NC(C)C(=O)N2CCCCC2)c(N)cc1F. The van der Waals surface area contributed by atoms with E-state index in [2.05, 4.69) is 5.32 Å². The lowest BCUT2D eigenvalue weighted by Gasteiger charge is -2.30. The topological polar surface area (TPSA) is 58.4 Å². The normalized spacial score (nSPS) is 16.9. The predicted octanol–water partition coefficient (Wildman–Crippen LogP) is 2.53. The van der Waals surface area contributed by atoms with E-state index in [0.29, 0.717) is 16.9 Å². The van der Waals surface area contributed by atoms with Gasteiger partial charge in [0.25, 0.3) is 0 Å². The standard InChI is InChI=1S/C15H22FN3O/c1-10-8-14(13(17)9-12(10)16)18-11(2)15(20)19-6-4-3-5-7-19/h8-9,11,18H,3-7,17H2,1-2H3. The Hall–Kier alpha value is -1.78. The highest BCUT2D eigenvalue weighted by molar-refractivity contribution is 5.85. The molecule has 0 saturated carbocycles. The molecule has 1 amide bonds. The van der Waals surface area contributed by atoms with Crippen molar-refractivity contribution in [3.8, 4) is 0 Å². The van der Waals surface area contributed by atoms with Crippen LogP contribution in [0.1, 0.15) is 31.7 Å². The van der Waals surface area contributed by atoms with Crippen molar-refractivity contribution >= 4 is 17.3 Å². The molecule has 0 spiro atoms. The molecule has 1 aromatic carbocycles. The summed E-state index contributed by atoms with van der Waals surface area (Å²) in [5.74, 6) is -0.255. The van der Waals surface area contributed by atoms with Gasteiger partial charge in [-0.05, 0) is 50.8 Å². The molecule has 1 heterocycles. The molecule has 5 heteroatoms. The Kier molecular flexibility index (Phi) is 4.47. The Morgan fingerprint density at radius 2 is 2.00 bits per heavy atom. The van der Waals surface area contributed by atoms with Gasteiger partial charge in [-0.2, -0.15) is 0 Å². The molecular weight excluding hydrogens is 257 g/mol. The first-order valence-corrected chi connectivity index (χ1v) is 7.10. The van der Waals surface area contributed by atoms with Gasteiger partial charge in [-0.15, -0.1) is 0 Å². The van der Waals surface area contributed by atoms with E-state index in [9.17, 15) is 9.18 Å². The van der Waals surface area contributed by atoms with Gasteiger partial charge in [0.1, 0.15) is 11.9 Å². The highest BCUT2D eigenvalue weighted by Crippen LogP contribution is 2.23. The van der Waals surface area contributed by atoms with Crippen LogP contribution in [0.4, 0.5) is 15.8 Å². The first-order valence-electron chi connectivity index (χ1n) is 7.10. The number of nitrogens with one attached hydrogen (secondary N) is 1.